The first-order valence-electron chi connectivity index (χ1n) is 7.73. The van der Waals surface area contributed by atoms with Gasteiger partial charge in [0.2, 0.25) is 0 Å². The van der Waals surface area contributed by atoms with E-state index in [0.717, 1.165) is 25.3 Å². The Morgan fingerprint density at radius 2 is 1.82 bits per heavy atom. The molecule has 1 amide bonds. The minimum Gasteiger partial charge on any atom is -0.368 e. The summed E-state index contributed by atoms with van der Waals surface area (Å²) in [6.45, 7) is 5.04. The molecule has 120 valence electrons. The lowest BCUT2D eigenvalue weighted by Gasteiger charge is -2.39. The second-order valence-electron chi connectivity index (χ2n) is 5.91. The first-order chi connectivity index (χ1) is 10.6. The highest BCUT2D eigenvalue weighted by Crippen LogP contribution is 2.18. The van der Waals surface area contributed by atoms with Gasteiger partial charge in [0, 0.05) is 45.0 Å². The van der Waals surface area contributed by atoms with Gasteiger partial charge in [-0.25, -0.2) is 4.39 Å². The van der Waals surface area contributed by atoms with Gasteiger partial charge in [0.25, 0.3) is 5.91 Å². The van der Waals surface area contributed by atoms with Gasteiger partial charge in [-0.1, -0.05) is 0 Å². The molecule has 1 unspecified atom stereocenters. The lowest BCUT2D eigenvalue weighted by atomic mass is 10.2. The van der Waals surface area contributed by atoms with Crippen LogP contribution in [0.1, 0.15) is 0 Å². The van der Waals surface area contributed by atoms with Crippen LogP contribution in [-0.2, 0) is 9.53 Å². The van der Waals surface area contributed by atoms with Crippen molar-refractivity contribution in [2.45, 2.75) is 6.10 Å². The van der Waals surface area contributed by atoms with Gasteiger partial charge in [0.1, 0.15) is 11.9 Å². The Balaban J connectivity index is 1.55. The summed E-state index contributed by atoms with van der Waals surface area (Å²) < 4.78 is 18.6. The van der Waals surface area contributed by atoms with Crippen molar-refractivity contribution < 1.29 is 13.9 Å². The molecule has 2 saturated heterocycles. The van der Waals surface area contributed by atoms with Crippen LogP contribution < -0.4 is 4.90 Å². The second-order valence-corrected chi connectivity index (χ2v) is 5.91. The predicted molar refractivity (Wildman–Crippen MR) is 82.4 cm³/mol. The highest BCUT2D eigenvalue weighted by atomic mass is 19.1. The maximum atomic E-state index is 13.0. The summed E-state index contributed by atoms with van der Waals surface area (Å²) in [5.41, 5.74) is 1.00. The topological polar surface area (TPSA) is 36.0 Å². The first-order valence-corrected chi connectivity index (χ1v) is 7.73. The van der Waals surface area contributed by atoms with E-state index >= 15 is 0 Å². The van der Waals surface area contributed by atoms with Crippen LogP contribution in [-0.4, -0.2) is 74.7 Å². The molecule has 22 heavy (non-hydrogen) atoms. The minimum atomic E-state index is -0.337. The third-order valence-electron chi connectivity index (χ3n) is 4.33. The van der Waals surface area contributed by atoms with Crippen LogP contribution in [0.5, 0.6) is 0 Å². The molecule has 0 aliphatic carbocycles. The highest BCUT2D eigenvalue weighted by molar-refractivity contribution is 5.81. The summed E-state index contributed by atoms with van der Waals surface area (Å²) in [5, 5.41) is 0. The van der Waals surface area contributed by atoms with E-state index in [4.69, 9.17) is 4.74 Å². The number of nitrogens with zero attached hydrogens (tertiary/aromatic N) is 3. The maximum Gasteiger partial charge on any atom is 0.253 e. The molecule has 0 N–H and O–H groups in total. The third kappa shape index (κ3) is 3.39. The lowest BCUT2D eigenvalue weighted by molar-refractivity contribution is -0.149. The van der Waals surface area contributed by atoms with E-state index in [1.54, 1.807) is 12.1 Å². The van der Waals surface area contributed by atoms with Crippen LogP contribution in [0, 0.1) is 5.82 Å². The molecule has 0 bridgehead atoms. The molecule has 1 aromatic carbocycles. The van der Waals surface area contributed by atoms with Crippen LogP contribution in [0.3, 0.4) is 0 Å². The van der Waals surface area contributed by atoms with Crippen molar-refractivity contribution >= 4 is 11.6 Å². The number of likely N-dealkylation sites (N-methyl/N-ethyl adjacent to an activating group) is 1. The van der Waals surface area contributed by atoms with Gasteiger partial charge in [-0.15, -0.1) is 0 Å². The van der Waals surface area contributed by atoms with Crippen molar-refractivity contribution in [3.8, 4) is 0 Å². The number of carbonyl (C=O) groups excluding carboxylic acids is 1. The fraction of sp³-hybridized carbons (Fsp3) is 0.562. The van der Waals surface area contributed by atoms with Crippen molar-refractivity contribution in [2.24, 2.45) is 0 Å². The van der Waals surface area contributed by atoms with Gasteiger partial charge in [-0.05, 0) is 31.3 Å². The number of hydrogen-bond donors (Lipinski definition) is 0. The fourth-order valence-corrected chi connectivity index (χ4v) is 2.97. The molecule has 2 aliphatic heterocycles. The molecule has 6 heteroatoms. The quantitative estimate of drug-likeness (QED) is 0.810. The third-order valence-corrected chi connectivity index (χ3v) is 4.33. The average molecular weight is 307 g/mol. The van der Waals surface area contributed by atoms with E-state index in [1.165, 1.54) is 12.1 Å². The Hall–Kier alpha value is -1.66. The van der Waals surface area contributed by atoms with Crippen LogP contribution in [0.4, 0.5) is 10.1 Å². The van der Waals surface area contributed by atoms with Crippen molar-refractivity contribution in [1.82, 2.24) is 9.80 Å². The van der Waals surface area contributed by atoms with Gasteiger partial charge in [-0.3, -0.25) is 4.79 Å². The number of ether oxygens (including phenoxy) is 1. The molecule has 0 saturated carbocycles. The van der Waals surface area contributed by atoms with Gasteiger partial charge >= 0.3 is 0 Å². The average Bonchev–Trinajstić information content (AvgIpc) is 2.55. The molecule has 1 aromatic rings. The SMILES string of the molecule is CN1CCOC(C(=O)N2CCN(c3ccc(F)cc3)CC2)C1. The van der Waals surface area contributed by atoms with E-state index < -0.39 is 0 Å². The summed E-state index contributed by atoms with van der Waals surface area (Å²) in [4.78, 5) is 18.7. The highest BCUT2D eigenvalue weighted by Gasteiger charge is 2.30. The largest absolute Gasteiger partial charge is 0.368 e. The van der Waals surface area contributed by atoms with Crippen LogP contribution in [0.15, 0.2) is 24.3 Å². The van der Waals surface area contributed by atoms with E-state index in [9.17, 15) is 9.18 Å². The number of halogens is 1. The molecule has 2 aliphatic rings. The molecule has 2 fully saturated rings. The van der Waals surface area contributed by atoms with Crippen molar-refractivity contribution in [1.29, 1.82) is 0 Å². The van der Waals surface area contributed by atoms with Crippen molar-refractivity contribution in [3.05, 3.63) is 30.1 Å². The fourth-order valence-electron chi connectivity index (χ4n) is 2.97. The normalized spacial score (nSPS) is 23.6. The standard InChI is InChI=1S/C16H22FN3O2/c1-18-10-11-22-15(12-18)16(21)20-8-6-19(7-9-20)14-4-2-13(17)3-5-14/h2-5,15H,6-12H2,1H3. The van der Waals surface area contributed by atoms with E-state index in [2.05, 4.69) is 9.80 Å². The van der Waals surface area contributed by atoms with Gasteiger partial charge in [-0.2, -0.15) is 0 Å². The zero-order valence-electron chi connectivity index (χ0n) is 12.9. The summed E-state index contributed by atoms with van der Waals surface area (Å²) >= 11 is 0. The molecule has 0 aromatic heterocycles. The Bertz CT molecular complexity index is 515. The van der Waals surface area contributed by atoms with Gasteiger partial charge in [0.05, 0.1) is 6.61 Å². The predicted octanol–water partition coefficient (Wildman–Crippen LogP) is 0.805. The van der Waals surface area contributed by atoms with Crippen LogP contribution in [0.25, 0.3) is 0 Å². The maximum absolute atomic E-state index is 13.0. The van der Waals surface area contributed by atoms with Crippen molar-refractivity contribution in [2.75, 3.05) is 57.8 Å². The van der Waals surface area contributed by atoms with Crippen molar-refractivity contribution in [3.63, 3.8) is 0 Å². The summed E-state index contributed by atoms with van der Waals surface area (Å²) in [7, 11) is 2.01. The number of amides is 1. The molecular weight excluding hydrogens is 285 g/mol. The van der Waals surface area contributed by atoms with Crippen LogP contribution >= 0.6 is 0 Å². The summed E-state index contributed by atoms with van der Waals surface area (Å²) in [6.07, 6.45) is -0.337. The Labute approximate surface area is 130 Å². The zero-order chi connectivity index (χ0) is 15.5. The smallest absolute Gasteiger partial charge is 0.253 e. The number of morpholine rings is 1. The summed E-state index contributed by atoms with van der Waals surface area (Å²) in [6, 6.07) is 6.51. The molecular formula is C16H22FN3O2. The van der Waals surface area contributed by atoms with Crippen LogP contribution in [0.2, 0.25) is 0 Å². The number of carbonyl (C=O) groups is 1. The number of rotatable bonds is 2. The number of hydrogen-bond acceptors (Lipinski definition) is 4. The number of anilines is 1. The monoisotopic (exact) mass is 307 g/mol. The molecule has 5 nitrogen and oxygen atoms in total. The van der Waals surface area contributed by atoms with E-state index in [0.29, 0.717) is 26.2 Å². The Kier molecular flexibility index (Phi) is 4.59. The lowest BCUT2D eigenvalue weighted by Crippen LogP contribution is -2.55. The number of piperazine rings is 1. The van der Waals surface area contributed by atoms with Gasteiger partial charge < -0.3 is 19.4 Å². The Morgan fingerprint density at radius 3 is 2.45 bits per heavy atom. The molecule has 1 atom stereocenters. The molecule has 3 rings (SSSR count). The zero-order valence-corrected chi connectivity index (χ0v) is 12.9. The second kappa shape index (κ2) is 6.62. The van der Waals surface area contributed by atoms with Gasteiger partial charge in [0.15, 0.2) is 0 Å². The van der Waals surface area contributed by atoms with E-state index in [-0.39, 0.29) is 17.8 Å². The summed E-state index contributed by atoms with van der Waals surface area (Å²) in [5.74, 6) is -0.138. The first kappa shape index (κ1) is 15.2. The Morgan fingerprint density at radius 1 is 1.14 bits per heavy atom. The molecule has 0 spiro atoms. The molecule has 0 radical (unpaired) electrons. The number of benzene rings is 1. The van der Waals surface area contributed by atoms with E-state index in [1.807, 2.05) is 11.9 Å². The minimum absolute atomic E-state index is 0.0882. The molecule has 2 heterocycles.